The van der Waals surface area contributed by atoms with E-state index in [9.17, 15) is 4.79 Å². The SMILES string of the molecule is COc1ccc(OCc2nc(C(C)(C)C)cs2)c(C=O)c1. The zero-order valence-electron chi connectivity index (χ0n) is 12.7. The van der Waals surface area contributed by atoms with Crippen molar-refractivity contribution in [3.63, 3.8) is 0 Å². The van der Waals surface area contributed by atoms with Gasteiger partial charge in [-0.3, -0.25) is 4.79 Å². The molecule has 2 aromatic rings. The molecule has 21 heavy (non-hydrogen) atoms. The topological polar surface area (TPSA) is 48.4 Å². The van der Waals surface area contributed by atoms with Crippen LogP contribution in [-0.2, 0) is 12.0 Å². The highest BCUT2D eigenvalue weighted by Gasteiger charge is 2.17. The molecule has 0 fully saturated rings. The molecular formula is C16H19NO3S. The van der Waals surface area contributed by atoms with Gasteiger partial charge in [-0.15, -0.1) is 11.3 Å². The summed E-state index contributed by atoms with van der Waals surface area (Å²) in [5, 5.41) is 2.94. The van der Waals surface area contributed by atoms with Gasteiger partial charge in [0.15, 0.2) is 6.29 Å². The average Bonchev–Trinajstić information content (AvgIpc) is 2.94. The Morgan fingerprint density at radius 3 is 2.67 bits per heavy atom. The van der Waals surface area contributed by atoms with Crippen molar-refractivity contribution < 1.29 is 14.3 Å². The van der Waals surface area contributed by atoms with Gasteiger partial charge in [0.2, 0.25) is 0 Å². The molecule has 0 saturated carbocycles. The molecule has 4 nitrogen and oxygen atoms in total. The second-order valence-corrected chi connectivity index (χ2v) is 6.63. The maximum atomic E-state index is 11.1. The number of ether oxygens (including phenoxy) is 2. The summed E-state index contributed by atoms with van der Waals surface area (Å²) in [6.07, 6.45) is 0.764. The standard InChI is InChI=1S/C16H19NO3S/c1-16(2,3)14-10-21-15(17-14)9-20-13-6-5-12(19-4)7-11(13)8-18/h5-8,10H,9H2,1-4H3. The number of carbonyl (C=O) groups excluding carboxylic acids is 1. The Morgan fingerprint density at radius 1 is 1.33 bits per heavy atom. The Balaban J connectivity index is 2.09. The van der Waals surface area contributed by atoms with Gasteiger partial charge < -0.3 is 9.47 Å². The molecule has 0 aliphatic rings. The fourth-order valence-electron chi connectivity index (χ4n) is 1.74. The zero-order valence-corrected chi connectivity index (χ0v) is 13.5. The number of methoxy groups -OCH3 is 1. The van der Waals surface area contributed by atoms with Gasteiger partial charge in [0.05, 0.1) is 18.4 Å². The highest BCUT2D eigenvalue weighted by atomic mass is 32.1. The lowest BCUT2D eigenvalue weighted by Crippen LogP contribution is -2.11. The molecule has 0 spiro atoms. The van der Waals surface area contributed by atoms with Crippen molar-refractivity contribution >= 4 is 17.6 Å². The zero-order chi connectivity index (χ0) is 15.5. The molecule has 2 rings (SSSR count). The van der Waals surface area contributed by atoms with Crippen molar-refractivity contribution in [1.82, 2.24) is 4.98 Å². The molecule has 0 N–H and O–H groups in total. The molecule has 1 heterocycles. The molecule has 1 aromatic heterocycles. The lowest BCUT2D eigenvalue weighted by molar-refractivity contribution is 0.111. The summed E-state index contributed by atoms with van der Waals surface area (Å²) in [7, 11) is 1.56. The van der Waals surface area contributed by atoms with Crippen LogP contribution in [0.15, 0.2) is 23.6 Å². The summed E-state index contributed by atoms with van der Waals surface area (Å²) >= 11 is 1.57. The summed E-state index contributed by atoms with van der Waals surface area (Å²) in [5.74, 6) is 1.17. The third-order valence-electron chi connectivity index (χ3n) is 3.02. The molecule has 0 amide bonds. The molecule has 0 bridgehead atoms. The van der Waals surface area contributed by atoms with Gasteiger partial charge in [-0.05, 0) is 18.2 Å². The number of benzene rings is 1. The molecule has 0 atom stereocenters. The van der Waals surface area contributed by atoms with E-state index in [4.69, 9.17) is 9.47 Å². The second kappa shape index (κ2) is 6.26. The second-order valence-electron chi connectivity index (χ2n) is 5.69. The fraction of sp³-hybridized carbons (Fsp3) is 0.375. The van der Waals surface area contributed by atoms with E-state index in [2.05, 4.69) is 25.8 Å². The van der Waals surface area contributed by atoms with Gasteiger partial charge in [-0.25, -0.2) is 4.98 Å². The van der Waals surface area contributed by atoms with E-state index in [-0.39, 0.29) is 5.41 Å². The molecule has 0 radical (unpaired) electrons. The third kappa shape index (κ3) is 3.82. The van der Waals surface area contributed by atoms with E-state index in [1.54, 1.807) is 36.6 Å². The predicted molar refractivity (Wildman–Crippen MR) is 83.5 cm³/mol. The van der Waals surface area contributed by atoms with Crippen LogP contribution in [0.1, 0.15) is 41.8 Å². The fourth-order valence-corrected chi connectivity index (χ4v) is 2.67. The smallest absolute Gasteiger partial charge is 0.153 e. The van der Waals surface area contributed by atoms with Crippen LogP contribution < -0.4 is 9.47 Å². The average molecular weight is 305 g/mol. The predicted octanol–water partition coefficient (Wildman–Crippen LogP) is 3.84. The number of aldehydes is 1. The number of thiazole rings is 1. The lowest BCUT2D eigenvalue weighted by Gasteiger charge is -2.14. The summed E-state index contributed by atoms with van der Waals surface area (Å²) < 4.78 is 10.8. The minimum atomic E-state index is 0.0306. The normalized spacial score (nSPS) is 11.2. The van der Waals surface area contributed by atoms with E-state index in [0.717, 1.165) is 17.0 Å². The summed E-state index contributed by atoms with van der Waals surface area (Å²) in [4.78, 5) is 15.7. The highest BCUT2D eigenvalue weighted by Crippen LogP contribution is 2.26. The van der Waals surface area contributed by atoms with E-state index in [1.807, 2.05) is 5.38 Å². The van der Waals surface area contributed by atoms with Crippen molar-refractivity contribution in [2.45, 2.75) is 32.8 Å². The Labute approximate surface area is 128 Å². The quantitative estimate of drug-likeness (QED) is 0.787. The maximum Gasteiger partial charge on any atom is 0.153 e. The van der Waals surface area contributed by atoms with Crippen molar-refractivity contribution in [3.8, 4) is 11.5 Å². The van der Waals surface area contributed by atoms with E-state index >= 15 is 0 Å². The van der Waals surface area contributed by atoms with Crippen LogP contribution in [0, 0.1) is 0 Å². The number of aromatic nitrogens is 1. The molecule has 0 aliphatic carbocycles. The highest BCUT2D eigenvalue weighted by molar-refractivity contribution is 7.09. The minimum absolute atomic E-state index is 0.0306. The largest absolute Gasteiger partial charge is 0.497 e. The Morgan fingerprint density at radius 2 is 2.10 bits per heavy atom. The number of rotatable bonds is 5. The molecule has 0 aliphatic heterocycles. The van der Waals surface area contributed by atoms with Crippen molar-refractivity contribution in [2.24, 2.45) is 0 Å². The number of nitrogens with zero attached hydrogens (tertiary/aromatic N) is 1. The summed E-state index contributed by atoms with van der Waals surface area (Å²) in [5.41, 5.74) is 1.56. The van der Waals surface area contributed by atoms with E-state index in [1.165, 1.54) is 0 Å². The van der Waals surface area contributed by atoms with Gasteiger partial charge in [0.25, 0.3) is 0 Å². The van der Waals surface area contributed by atoms with E-state index in [0.29, 0.717) is 23.7 Å². The summed E-state index contributed by atoms with van der Waals surface area (Å²) in [6.45, 7) is 6.73. The van der Waals surface area contributed by atoms with Crippen LogP contribution in [0.3, 0.4) is 0 Å². The molecule has 5 heteroatoms. The first-order chi connectivity index (χ1) is 9.94. The van der Waals surface area contributed by atoms with Gasteiger partial charge in [-0.1, -0.05) is 20.8 Å². The van der Waals surface area contributed by atoms with Crippen LogP contribution in [-0.4, -0.2) is 18.4 Å². The van der Waals surface area contributed by atoms with Crippen molar-refractivity contribution in [1.29, 1.82) is 0 Å². The lowest BCUT2D eigenvalue weighted by atomic mass is 9.93. The molecular weight excluding hydrogens is 286 g/mol. The number of hydrogen-bond donors (Lipinski definition) is 0. The maximum absolute atomic E-state index is 11.1. The van der Waals surface area contributed by atoms with Crippen LogP contribution in [0.25, 0.3) is 0 Å². The molecule has 0 unspecified atom stereocenters. The summed E-state index contributed by atoms with van der Waals surface area (Å²) in [6, 6.07) is 5.16. The molecule has 0 saturated heterocycles. The van der Waals surface area contributed by atoms with Gasteiger partial charge >= 0.3 is 0 Å². The van der Waals surface area contributed by atoms with Gasteiger partial charge in [-0.2, -0.15) is 0 Å². The Kier molecular flexibility index (Phi) is 4.63. The first-order valence-electron chi connectivity index (χ1n) is 6.65. The first kappa shape index (κ1) is 15.5. The first-order valence-corrected chi connectivity index (χ1v) is 7.53. The van der Waals surface area contributed by atoms with Crippen LogP contribution in [0.2, 0.25) is 0 Å². The van der Waals surface area contributed by atoms with Gasteiger partial charge in [0.1, 0.15) is 23.1 Å². The third-order valence-corrected chi connectivity index (χ3v) is 3.84. The van der Waals surface area contributed by atoms with Crippen molar-refractivity contribution in [2.75, 3.05) is 7.11 Å². The van der Waals surface area contributed by atoms with Crippen LogP contribution in [0.5, 0.6) is 11.5 Å². The monoisotopic (exact) mass is 305 g/mol. The number of hydrogen-bond acceptors (Lipinski definition) is 5. The Hall–Kier alpha value is -1.88. The molecule has 112 valence electrons. The molecule has 1 aromatic carbocycles. The van der Waals surface area contributed by atoms with Crippen LogP contribution >= 0.6 is 11.3 Å². The van der Waals surface area contributed by atoms with Crippen LogP contribution in [0.4, 0.5) is 0 Å². The minimum Gasteiger partial charge on any atom is -0.497 e. The Bertz CT molecular complexity index is 629. The van der Waals surface area contributed by atoms with E-state index < -0.39 is 0 Å². The van der Waals surface area contributed by atoms with Gasteiger partial charge in [0, 0.05) is 10.8 Å². The number of carbonyl (C=O) groups is 1. The van der Waals surface area contributed by atoms with Crippen molar-refractivity contribution in [3.05, 3.63) is 39.8 Å².